The van der Waals surface area contributed by atoms with E-state index in [1.54, 1.807) is 68.7 Å². The number of ether oxygens (including phenoxy) is 10. The molecule has 6 saturated carbocycles. The monoisotopic (exact) mass is 1580 g/mol. The van der Waals surface area contributed by atoms with Crippen LogP contribution >= 0.6 is 0 Å². The van der Waals surface area contributed by atoms with E-state index in [1.165, 1.54) is 25.7 Å². The van der Waals surface area contributed by atoms with Gasteiger partial charge in [0.15, 0.2) is 0 Å². The van der Waals surface area contributed by atoms with Gasteiger partial charge in [-0.2, -0.15) is 0 Å². The molecule has 3 N–H and O–H groups in total. The van der Waals surface area contributed by atoms with Gasteiger partial charge in [-0.25, -0.2) is 24.5 Å². The number of hydrogen-bond donors (Lipinski definition) is 2. The van der Waals surface area contributed by atoms with Crippen molar-refractivity contribution in [3.8, 4) is 68.7 Å². The molecule has 12 rings (SSSR count). The molecule has 0 radical (unpaired) electrons. The van der Waals surface area contributed by atoms with Crippen molar-refractivity contribution in [2.24, 2.45) is 38.9 Å². The fourth-order valence-electron chi connectivity index (χ4n) is 16.1. The van der Waals surface area contributed by atoms with E-state index in [9.17, 15) is 29.1 Å². The maximum Gasteiger partial charge on any atom is 1.00 e. The van der Waals surface area contributed by atoms with Crippen LogP contribution in [0.4, 0.5) is 9.59 Å². The number of methoxy groups -OCH3 is 3. The minimum Gasteiger partial charge on any atom is -0.870 e. The first-order valence-corrected chi connectivity index (χ1v) is 40.6. The second-order valence-electron chi connectivity index (χ2n) is 31.2. The van der Waals surface area contributed by atoms with Crippen LogP contribution in [0.2, 0.25) is 0 Å². The van der Waals surface area contributed by atoms with E-state index >= 15 is 0 Å². The molecular weight excluding hydrogens is 1460 g/mol. The molecule has 30 heteroatoms. The Balaban J connectivity index is 0.000000226. The Hall–Kier alpha value is -8.65. The van der Waals surface area contributed by atoms with Gasteiger partial charge >= 0.3 is 49.0 Å². The smallest absolute Gasteiger partial charge is 0.870 e. The third-order valence-electron chi connectivity index (χ3n) is 22.4. The predicted molar refractivity (Wildman–Crippen MR) is 425 cm³/mol. The number of carboxylic acids is 1. The van der Waals surface area contributed by atoms with E-state index in [0.29, 0.717) is 100 Å². The van der Waals surface area contributed by atoms with E-state index in [4.69, 9.17) is 62.3 Å². The Kier molecular flexibility index (Phi) is 36.1. The number of rotatable bonds is 25. The van der Waals surface area contributed by atoms with E-state index in [1.807, 2.05) is 96.6 Å². The molecule has 0 aliphatic heterocycles. The standard InChI is InChI=1S/C29H42N4O6.C26H36N4O6.C23H33N3O4.C6H13N.Li.H2O/c1-18(2)38-28(34)20-10-9-13-22(16-20)39-25-15-14-23(30-19(25)3)26-24(33(5)31-27(26)36-6)17-37-29(35)32(4)21-11-7-8-12-21;1-16-22(36-19-11-7-8-17(14-19)25(31)32)13-12-20(27-16)23-21(30(3)28-24(23)34-4)15-35-26(33)29(2)18-9-5-6-10-18;1-7-19-21(22(28-6)25-26(19)5)18-11-12-20(15(4)24-18)30-17-10-8-9-16(13-17)23(27)29-14(2)3;1-7-6-4-2-3-5-6;;/h14-15,18,20-22H,7-13,16-17H2,1-6H3;12-13,17-19H,5-11,14-15H2,1-4H3,(H,31,32);11-12,14,16-17H,7-10,13H2,1-6H3;6-7H,2-5H2,1H3;;1H2/q;;;;+1;/p-1/t20-,22-;17-,19-;16-,17-;;;/m000.../s1. The number of pyridine rings is 3. The SMILES string of the molecule is CCc1c(-c2ccc(O[C@H]3CCC[C@H](C(=O)OC(C)C)C3)c(C)n2)c(OC)nn1C.CNC1CCCC1.COc1nn(C)c(COC(=O)N(C)C2CCCC2)c1-c1ccc(O[C@H]2CCC[C@H](C(=O)O)C2)c(C)n1.COc1nn(C)c(COC(=O)N(C)C2CCCC2)c1-c1ccc(O[C@H]2CCC[C@H](C(=O)OC(C)C)C2)c(C)n1.[Li+].[OH-]. The van der Waals surface area contributed by atoms with Crippen molar-refractivity contribution in [1.82, 2.24) is 59.4 Å². The van der Waals surface area contributed by atoms with Crippen LogP contribution in [-0.2, 0) is 74.1 Å². The van der Waals surface area contributed by atoms with E-state index in [0.717, 1.165) is 144 Å². The normalized spacial score (nSPS) is 19.6. The molecule has 0 spiro atoms. The number of nitrogens with zero attached hydrogens (tertiary/aromatic N) is 11. The van der Waals surface area contributed by atoms with Gasteiger partial charge in [-0.15, -0.1) is 15.3 Å². The summed E-state index contributed by atoms with van der Waals surface area (Å²) < 4.78 is 62.6. The minimum absolute atomic E-state index is 0. The van der Waals surface area contributed by atoms with Gasteiger partial charge in [-0.05, 0) is 214 Å². The zero-order valence-electron chi connectivity index (χ0n) is 70.8. The largest absolute Gasteiger partial charge is 1.00 e. The Morgan fingerprint density at radius 2 is 0.798 bits per heavy atom. The van der Waals surface area contributed by atoms with Crippen LogP contribution in [0.25, 0.3) is 33.8 Å². The van der Waals surface area contributed by atoms with Crippen molar-refractivity contribution in [3.63, 3.8) is 0 Å². The van der Waals surface area contributed by atoms with Gasteiger partial charge in [0.2, 0.25) is 17.6 Å². The number of aliphatic carboxylic acids is 1. The van der Waals surface area contributed by atoms with Crippen molar-refractivity contribution in [2.45, 2.75) is 278 Å². The number of nitrogens with one attached hydrogen (secondary N) is 1. The Morgan fingerprint density at radius 1 is 0.482 bits per heavy atom. The summed E-state index contributed by atoms with van der Waals surface area (Å²) in [6.07, 6.45) is 23.5. The molecular formula is C84H125LiN12O17. The molecule has 6 aliphatic carbocycles. The van der Waals surface area contributed by atoms with Crippen molar-refractivity contribution >= 4 is 30.1 Å². The molecule has 29 nitrogen and oxygen atoms in total. The van der Waals surface area contributed by atoms with Gasteiger partial charge in [-0.1, -0.05) is 45.4 Å². The molecule has 0 bridgehead atoms. The summed E-state index contributed by atoms with van der Waals surface area (Å²) in [5.41, 5.74) is 9.03. The zero-order chi connectivity index (χ0) is 80.9. The van der Waals surface area contributed by atoms with Crippen LogP contribution < -0.4 is 52.6 Å². The van der Waals surface area contributed by atoms with Crippen molar-refractivity contribution in [1.29, 1.82) is 0 Å². The van der Waals surface area contributed by atoms with Crippen LogP contribution in [0, 0.1) is 38.5 Å². The Bertz CT molecular complexity index is 4090. The fraction of sp³-hybridized carbons (Fsp3) is 0.655. The first kappa shape index (κ1) is 92.5. The topological polar surface area (TPSA) is 339 Å². The summed E-state index contributed by atoms with van der Waals surface area (Å²) in [4.78, 5) is 79.2. The first-order valence-electron chi connectivity index (χ1n) is 40.6. The van der Waals surface area contributed by atoms with Gasteiger partial charge in [-0.3, -0.25) is 28.4 Å². The molecule has 0 aromatic carbocycles. The van der Waals surface area contributed by atoms with Crippen LogP contribution in [-0.4, -0.2) is 186 Å². The first-order chi connectivity index (χ1) is 53.7. The number of aromatic nitrogens is 9. The molecule has 6 atom stereocenters. The van der Waals surface area contributed by atoms with Gasteiger partial charge < -0.3 is 73.1 Å². The van der Waals surface area contributed by atoms with E-state index < -0.39 is 5.97 Å². The van der Waals surface area contributed by atoms with Crippen molar-refractivity contribution in [3.05, 3.63) is 70.6 Å². The van der Waals surface area contributed by atoms with E-state index in [2.05, 4.69) is 34.6 Å². The number of amides is 2. The van der Waals surface area contributed by atoms with Crippen LogP contribution in [0.15, 0.2) is 36.4 Å². The predicted octanol–water partition coefficient (Wildman–Crippen LogP) is 11.8. The number of hydrogen-bond acceptors (Lipinski definition) is 23. The molecule has 6 aliphatic rings. The minimum atomic E-state index is -0.764. The maximum absolute atomic E-state index is 12.7. The molecule has 0 saturated heterocycles. The van der Waals surface area contributed by atoms with Gasteiger partial charge in [0, 0.05) is 53.4 Å². The van der Waals surface area contributed by atoms with Crippen LogP contribution in [0.5, 0.6) is 34.9 Å². The second-order valence-corrected chi connectivity index (χ2v) is 31.2. The molecule has 6 heterocycles. The number of carboxylic acid groups (broad SMARTS) is 1. The summed E-state index contributed by atoms with van der Waals surface area (Å²) in [6, 6.07) is 12.6. The molecule has 6 aromatic rings. The van der Waals surface area contributed by atoms with Gasteiger partial charge in [0.05, 0.1) is 138 Å². The number of carbonyl (C=O) groups is 5. The molecule has 2 amide bonds. The molecule has 624 valence electrons. The van der Waals surface area contributed by atoms with Crippen LogP contribution in [0.3, 0.4) is 0 Å². The molecule has 0 unspecified atom stereocenters. The molecule has 114 heavy (non-hydrogen) atoms. The summed E-state index contributed by atoms with van der Waals surface area (Å²) in [5.74, 6) is 1.82. The summed E-state index contributed by atoms with van der Waals surface area (Å²) >= 11 is 0. The van der Waals surface area contributed by atoms with Crippen molar-refractivity contribution < 1.29 is 101 Å². The maximum atomic E-state index is 12.7. The summed E-state index contributed by atoms with van der Waals surface area (Å²) in [7, 11) is 15.9. The quantitative estimate of drug-likeness (QED) is 0.0305. The molecule has 6 aromatic heterocycles. The zero-order valence-corrected chi connectivity index (χ0v) is 70.8. The number of aryl methyl sites for hydroxylation is 6. The van der Waals surface area contributed by atoms with Crippen molar-refractivity contribution in [2.75, 3.05) is 42.5 Å². The molecule has 6 fully saturated rings. The van der Waals surface area contributed by atoms with Gasteiger partial charge in [0.25, 0.3) is 0 Å². The number of carbonyl (C=O) groups excluding carboxylic acids is 4. The average Bonchev–Trinajstić information content (AvgIpc) is 1.63. The Morgan fingerprint density at radius 3 is 1.10 bits per heavy atom. The third kappa shape index (κ3) is 24.7. The van der Waals surface area contributed by atoms with Gasteiger partial charge in [0.1, 0.15) is 30.5 Å². The Labute approximate surface area is 685 Å². The third-order valence-corrected chi connectivity index (χ3v) is 22.4. The fourth-order valence-corrected chi connectivity index (χ4v) is 16.1. The summed E-state index contributed by atoms with van der Waals surface area (Å²) in [6.45, 7) is 15.4. The van der Waals surface area contributed by atoms with Crippen LogP contribution in [0.1, 0.15) is 223 Å². The summed E-state index contributed by atoms with van der Waals surface area (Å²) in [5, 5.41) is 26.0. The van der Waals surface area contributed by atoms with E-state index in [-0.39, 0.29) is 122 Å². The second kappa shape index (κ2) is 44.4. The average molecular weight is 1580 g/mol. The number of esters is 2.